The smallest absolute Gasteiger partial charge is 0.220 e. The lowest BCUT2D eigenvalue weighted by molar-refractivity contribution is -0.121. The quantitative estimate of drug-likeness (QED) is 0.679. The Hall–Kier alpha value is -2.80. The number of benzene rings is 1. The lowest BCUT2D eigenvalue weighted by Crippen LogP contribution is -2.40. The van der Waals surface area contributed by atoms with E-state index in [0.717, 1.165) is 67.6 Å². The summed E-state index contributed by atoms with van der Waals surface area (Å²) in [4.78, 5) is 18.7. The van der Waals surface area contributed by atoms with E-state index in [4.69, 9.17) is 4.63 Å². The van der Waals surface area contributed by atoms with Crippen LogP contribution in [0.25, 0.3) is 11.0 Å². The minimum absolute atomic E-state index is 0.111. The highest BCUT2D eigenvalue weighted by Crippen LogP contribution is 2.21. The van der Waals surface area contributed by atoms with E-state index >= 15 is 0 Å². The average molecular weight is 379 g/mol. The summed E-state index contributed by atoms with van der Waals surface area (Å²) in [5.74, 6) is 0.588. The van der Waals surface area contributed by atoms with Crippen molar-refractivity contribution in [3.05, 3.63) is 53.9 Å². The summed E-state index contributed by atoms with van der Waals surface area (Å²) >= 11 is 0. The van der Waals surface area contributed by atoms with E-state index in [1.807, 2.05) is 30.5 Å². The topological polar surface area (TPSA) is 84.2 Å². The van der Waals surface area contributed by atoms with Gasteiger partial charge in [-0.05, 0) is 65.3 Å². The Morgan fingerprint density at radius 3 is 3.11 bits per heavy atom. The zero-order valence-corrected chi connectivity index (χ0v) is 15.9. The van der Waals surface area contributed by atoms with Crippen LogP contribution in [0.4, 0.5) is 0 Å². The van der Waals surface area contributed by atoms with Gasteiger partial charge in [0.2, 0.25) is 5.91 Å². The maximum Gasteiger partial charge on any atom is 0.220 e. The molecule has 7 nitrogen and oxygen atoms in total. The number of likely N-dealkylation sites (tertiary alicyclic amines) is 1. The van der Waals surface area contributed by atoms with Gasteiger partial charge < -0.3 is 5.32 Å². The molecule has 1 fully saturated rings. The molecule has 1 aliphatic rings. The van der Waals surface area contributed by atoms with Crippen molar-refractivity contribution >= 4 is 16.9 Å². The molecule has 0 spiro atoms. The van der Waals surface area contributed by atoms with Crippen molar-refractivity contribution in [1.82, 2.24) is 25.5 Å². The second-order valence-electron chi connectivity index (χ2n) is 7.46. The highest BCUT2D eigenvalue weighted by atomic mass is 16.6. The molecule has 1 saturated heterocycles. The molecule has 1 aliphatic heterocycles. The standard InChI is InChI=1S/C21H25N5O2/c27-20(9-8-16-4-2-10-22-12-16)23-13-17-5-3-11-26(14-17)15-18-6-1-7-19-21(18)25-28-24-19/h1-2,4,6-7,10,12,17H,3,5,8-9,11,13-15H2,(H,23,27). The lowest BCUT2D eigenvalue weighted by Gasteiger charge is -2.32. The number of carbonyl (C=O) groups is 1. The molecular weight excluding hydrogens is 354 g/mol. The number of hydrogen-bond acceptors (Lipinski definition) is 6. The lowest BCUT2D eigenvalue weighted by atomic mass is 9.97. The number of pyridine rings is 1. The third-order valence-electron chi connectivity index (χ3n) is 5.32. The molecule has 0 aliphatic carbocycles. The van der Waals surface area contributed by atoms with E-state index in [1.54, 1.807) is 6.20 Å². The second-order valence-corrected chi connectivity index (χ2v) is 7.46. The van der Waals surface area contributed by atoms with Gasteiger partial charge in [-0.25, -0.2) is 4.63 Å². The zero-order chi connectivity index (χ0) is 19.2. The van der Waals surface area contributed by atoms with Crippen molar-refractivity contribution in [1.29, 1.82) is 0 Å². The maximum absolute atomic E-state index is 12.2. The van der Waals surface area contributed by atoms with Gasteiger partial charge in [0.1, 0.15) is 11.0 Å². The van der Waals surface area contributed by atoms with Crippen molar-refractivity contribution in [2.24, 2.45) is 5.92 Å². The molecule has 3 aromatic rings. The van der Waals surface area contributed by atoms with Crippen LogP contribution in [-0.4, -0.2) is 45.7 Å². The van der Waals surface area contributed by atoms with Crippen LogP contribution in [0.15, 0.2) is 47.4 Å². The maximum atomic E-state index is 12.2. The van der Waals surface area contributed by atoms with E-state index in [0.29, 0.717) is 12.3 Å². The van der Waals surface area contributed by atoms with Crippen LogP contribution in [0.5, 0.6) is 0 Å². The monoisotopic (exact) mass is 379 g/mol. The number of aryl methyl sites for hydroxylation is 1. The average Bonchev–Trinajstić information content (AvgIpc) is 3.22. The van der Waals surface area contributed by atoms with Crippen molar-refractivity contribution < 1.29 is 9.42 Å². The predicted molar refractivity (Wildman–Crippen MR) is 105 cm³/mol. The summed E-state index contributed by atoms with van der Waals surface area (Å²) in [7, 11) is 0. The molecule has 1 unspecified atom stereocenters. The minimum atomic E-state index is 0.111. The highest BCUT2D eigenvalue weighted by Gasteiger charge is 2.21. The van der Waals surface area contributed by atoms with E-state index in [-0.39, 0.29) is 5.91 Å². The van der Waals surface area contributed by atoms with Gasteiger partial charge in [-0.1, -0.05) is 18.2 Å². The van der Waals surface area contributed by atoms with Gasteiger partial charge in [0.25, 0.3) is 0 Å². The second kappa shape index (κ2) is 8.93. The number of nitrogens with one attached hydrogen (secondary N) is 1. The Kier molecular flexibility index (Phi) is 5.92. The fourth-order valence-electron chi connectivity index (χ4n) is 3.84. The summed E-state index contributed by atoms with van der Waals surface area (Å²) in [6.07, 6.45) is 7.09. The number of hydrogen-bond donors (Lipinski definition) is 1. The number of nitrogens with zero attached hydrogens (tertiary/aromatic N) is 4. The van der Waals surface area contributed by atoms with Gasteiger partial charge in [-0.2, -0.15) is 0 Å². The predicted octanol–water partition coefficient (Wildman–Crippen LogP) is 2.58. The SMILES string of the molecule is O=C(CCc1cccnc1)NCC1CCCN(Cc2cccc3nonc23)C1. The summed E-state index contributed by atoms with van der Waals surface area (Å²) < 4.78 is 4.87. The van der Waals surface area contributed by atoms with Gasteiger partial charge >= 0.3 is 0 Å². The number of amides is 1. The highest BCUT2D eigenvalue weighted by molar-refractivity contribution is 5.77. The van der Waals surface area contributed by atoms with E-state index in [1.165, 1.54) is 0 Å². The summed E-state index contributed by atoms with van der Waals surface area (Å²) in [5.41, 5.74) is 3.87. The normalized spacial score (nSPS) is 17.6. The van der Waals surface area contributed by atoms with Crippen molar-refractivity contribution in [3.63, 3.8) is 0 Å². The Morgan fingerprint density at radius 2 is 2.21 bits per heavy atom. The summed E-state index contributed by atoms with van der Waals surface area (Å²) in [6, 6.07) is 9.89. The number of piperidine rings is 1. The first-order chi connectivity index (χ1) is 13.8. The van der Waals surface area contributed by atoms with Crippen LogP contribution in [-0.2, 0) is 17.8 Å². The molecule has 1 aromatic carbocycles. The third kappa shape index (κ3) is 4.72. The van der Waals surface area contributed by atoms with Crippen LogP contribution in [0.2, 0.25) is 0 Å². The molecule has 1 atom stereocenters. The van der Waals surface area contributed by atoms with Crippen molar-refractivity contribution in [2.75, 3.05) is 19.6 Å². The van der Waals surface area contributed by atoms with Crippen molar-refractivity contribution in [2.45, 2.75) is 32.2 Å². The first-order valence-electron chi connectivity index (χ1n) is 9.86. The molecule has 0 radical (unpaired) electrons. The minimum Gasteiger partial charge on any atom is -0.356 e. The van der Waals surface area contributed by atoms with Crippen LogP contribution in [0.1, 0.15) is 30.4 Å². The molecule has 0 saturated carbocycles. The largest absolute Gasteiger partial charge is 0.356 e. The Morgan fingerprint density at radius 1 is 1.25 bits per heavy atom. The van der Waals surface area contributed by atoms with Crippen LogP contribution >= 0.6 is 0 Å². The van der Waals surface area contributed by atoms with Gasteiger partial charge in [-0.3, -0.25) is 14.7 Å². The van der Waals surface area contributed by atoms with Gasteiger partial charge in [0, 0.05) is 38.4 Å². The summed E-state index contributed by atoms with van der Waals surface area (Å²) in [6.45, 7) is 3.60. The fraction of sp³-hybridized carbons (Fsp3) is 0.429. The van der Waals surface area contributed by atoms with E-state index in [2.05, 4.69) is 31.6 Å². The Labute approximate surface area is 164 Å². The molecule has 0 bridgehead atoms. The van der Waals surface area contributed by atoms with E-state index < -0.39 is 0 Å². The van der Waals surface area contributed by atoms with Gasteiger partial charge in [0.05, 0.1) is 0 Å². The molecule has 2 aromatic heterocycles. The third-order valence-corrected chi connectivity index (χ3v) is 5.32. The molecule has 146 valence electrons. The van der Waals surface area contributed by atoms with Crippen LogP contribution < -0.4 is 5.32 Å². The van der Waals surface area contributed by atoms with Gasteiger partial charge in [0.15, 0.2) is 0 Å². The Balaban J connectivity index is 1.25. The first-order valence-corrected chi connectivity index (χ1v) is 9.86. The number of aromatic nitrogens is 3. The molecular formula is C21H25N5O2. The molecule has 1 N–H and O–H groups in total. The molecule has 28 heavy (non-hydrogen) atoms. The number of fused-ring (bicyclic) bond motifs is 1. The van der Waals surface area contributed by atoms with Crippen LogP contribution in [0, 0.1) is 5.92 Å². The van der Waals surface area contributed by atoms with E-state index in [9.17, 15) is 4.79 Å². The molecule has 7 heteroatoms. The van der Waals surface area contributed by atoms with Crippen molar-refractivity contribution in [3.8, 4) is 0 Å². The van der Waals surface area contributed by atoms with Gasteiger partial charge in [-0.15, -0.1) is 0 Å². The number of carbonyl (C=O) groups excluding carboxylic acids is 1. The number of rotatable bonds is 7. The molecule has 1 amide bonds. The molecule has 3 heterocycles. The van der Waals surface area contributed by atoms with Crippen LogP contribution in [0.3, 0.4) is 0 Å². The first kappa shape index (κ1) is 18.6. The zero-order valence-electron chi connectivity index (χ0n) is 15.9. The fourth-order valence-corrected chi connectivity index (χ4v) is 3.84. The summed E-state index contributed by atoms with van der Waals surface area (Å²) in [5, 5.41) is 11.1. The Bertz CT molecular complexity index is 911. The molecule has 4 rings (SSSR count).